The fraction of sp³-hybridized carbons (Fsp3) is 0.241. The summed E-state index contributed by atoms with van der Waals surface area (Å²) in [6.45, 7) is -0.0525. The average Bonchev–Trinajstić information content (AvgIpc) is 3.27. The second kappa shape index (κ2) is 12.5. The van der Waals surface area contributed by atoms with Crippen molar-refractivity contribution < 1.29 is 28.7 Å². The Morgan fingerprint density at radius 3 is 1.95 bits per heavy atom. The van der Waals surface area contributed by atoms with Gasteiger partial charge in [-0.1, -0.05) is 78.9 Å². The van der Waals surface area contributed by atoms with E-state index < -0.39 is 36.0 Å². The van der Waals surface area contributed by atoms with Crippen LogP contribution < -0.4 is 5.32 Å². The zero-order valence-electron chi connectivity index (χ0n) is 21.0. The fourth-order valence-electron chi connectivity index (χ4n) is 4.17. The van der Waals surface area contributed by atoms with Crippen molar-refractivity contribution >= 4 is 29.7 Å². The summed E-state index contributed by atoms with van der Waals surface area (Å²) in [5.41, 5.74) is 2.12. The Balaban J connectivity index is 1.44. The highest BCUT2D eigenvalue weighted by molar-refractivity contribution is 6.01. The molecule has 1 aliphatic heterocycles. The third kappa shape index (κ3) is 6.76. The van der Waals surface area contributed by atoms with Gasteiger partial charge in [-0.2, -0.15) is 0 Å². The normalized spacial score (nSPS) is 16.6. The second-order valence-corrected chi connectivity index (χ2v) is 8.97. The van der Waals surface area contributed by atoms with Crippen LogP contribution in [0.3, 0.4) is 0 Å². The minimum atomic E-state index is -1.16. The van der Waals surface area contributed by atoms with Crippen LogP contribution in [0.15, 0.2) is 91.0 Å². The number of carbonyl (C=O) groups excluding carboxylic acids is 4. The summed E-state index contributed by atoms with van der Waals surface area (Å²) in [5.74, 6) is -2.10. The molecular formula is C29H29N3O6. The van der Waals surface area contributed by atoms with Crippen LogP contribution in [0.2, 0.25) is 0 Å². The highest BCUT2D eigenvalue weighted by atomic mass is 16.6. The second-order valence-electron chi connectivity index (χ2n) is 8.97. The molecule has 0 aromatic heterocycles. The Kier molecular flexibility index (Phi) is 8.71. The number of likely N-dealkylation sites (tertiary alicyclic amines) is 1. The van der Waals surface area contributed by atoms with Crippen molar-refractivity contribution in [2.24, 2.45) is 5.92 Å². The molecular weight excluding hydrogens is 486 g/mol. The molecule has 9 heteroatoms. The molecule has 3 aromatic rings. The first-order valence-electron chi connectivity index (χ1n) is 12.2. The van der Waals surface area contributed by atoms with E-state index in [0.717, 1.165) is 16.0 Å². The van der Waals surface area contributed by atoms with E-state index in [2.05, 4.69) is 5.32 Å². The highest BCUT2D eigenvalue weighted by Crippen LogP contribution is 2.28. The minimum absolute atomic E-state index is 0.00131. The number of rotatable bonds is 8. The van der Waals surface area contributed by atoms with E-state index in [9.17, 15) is 19.2 Å². The summed E-state index contributed by atoms with van der Waals surface area (Å²) >= 11 is 0. The number of nitrogens with zero attached hydrogens (tertiary/aromatic N) is 2. The van der Waals surface area contributed by atoms with Crippen LogP contribution in [0.1, 0.15) is 17.5 Å². The van der Waals surface area contributed by atoms with Gasteiger partial charge in [0.25, 0.3) is 0 Å². The van der Waals surface area contributed by atoms with Crippen LogP contribution >= 0.6 is 0 Å². The number of esters is 1. The van der Waals surface area contributed by atoms with Crippen molar-refractivity contribution in [2.45, 2.75) is 25.7 Å². The number of para-hydroxylation sites is 1. The first-order chi connectivity index (χ1) is 18.4. The van der Waals surface area contributed by atoms with Gasteiger partial charge in [-0.05, 0) is 29.7 Å². The lowest BCUT2D eigenvalue weighted by molar-refractivity contribution is -0.152. The van der Waals surface area contributed by atoms with Gasteiger partial charge >= 0.3 is 18.1 Å². The Bertz CT molecular complexity index is 1250. The number of anilines is 1. The maximum atomic E-state index is 13.3. The van der Waals surface area contributed by atoms with Gasteiger partial charge in [0, 0.05) is 19.3 Å². The number of hydrogen-bond acceptors (Lipinski definition) is 6. The van der Waals surface area contributed by atoms with E-state index in [4.69, 9.17) is 9.47 Å². The molecule has 1 fully saturated rings. The predicted octanol–water partition coefficient (Wildman–Crippen LogP) is 4.45. The predicted molar refractivity (Wildman–Crippen MR) is 140 cm³/mol. The Hall–Kier alpha value is -4.66. The molecule has 0 bridgehead atoms. The Labute approximate surface area is 220 Å². The zero-order chi connectivity index (χ0) is 26.9. The van der Waals surface area contributed by atoms with E-state index in [1.54, 1.807) is 55.6 Å². The van der Waals surface area contributed by atoms with E-state index in [0.29, 0.717) is 5.69 Å². The summed E-state index contributed by atoms with van der Waals surface area (Å²) in [7, 11) is 1.55. The number of benzene rings is 3. The molecule has 1 N–H and O–H groups in total. The molecule has 3 aromatic carbocycles. The lowest BCUT2D eigenvalue weighted by Gasteiger charge is -2.22. The van der Waals surface area contributed by atoms with Crippen molar-refractivity contribution in [3.8, 4) is 0 Å². The van der Waals surface area contributed by atoms with Gasteiger partial charge in [0.1, 0.15) is 19.3 Å². The molecule has 196 valence electrons. The maximum Gasteiger partial charge on any atom is 0.417 e. The van der Waals surface area contributed by atoms with E-state index >= 15 is 0 Å². The molecule has 0 radical (unpaired) electrons. The summed E-state index contributed by atoms with van der Waals surface area (Å²) in [6.07, 6.45) is -0.921. The van der Waals surface area contributed by atoms with Gasteiger partial charge in [-0.3, -0.25) is 4.79 Å². The van der Waals surface area contributed by atoms with E-state index in [1.807, 2.05) is 42.5 Å². The summed E-state index contributed by atoms with van der Waals surface area (Å²) < 4.78 is 10.8. The molecule has 0 saturated carbocycles. The molecule has 0 aliphatic carbocycles. The van der Waals surface area contributed by atoms with Crippen LogP contribution in [0, 0.1) is 5.92 Å². The monoisotopic (exact) mass is 515 g/mol. The zero-order valence-corrected chi connectivity index (χ0v) is 21.0. The quantitative estimate of drug-likeness (QED) is 0.445. The summed E-state index contributed by atoms with van der Waals surface area (Å²) in [6, 6.07) is 25.5. The van der Waals surface area contributed by atoms with Crippen LogP contribution in [-0.4, -0.2) is 53.4 Å². The molecule has 38 heavy (non-hydrogen) atoms. The smallest absolute Gasteiger partial charge is 0.417 e. The minimum Gasteiger partial charge on any atom is -0.459 e. The summed E-state index contributed by atoms with van der Waals surface area (Å²) in [5, 5.41) is 2.75. The molecule has 0 unspecified atom stereocenters. The standard InChI is InChI=1S/C29H29N3O6/c1-31(28(35)30-24-15-9-4-10-16-24)18-23-17-25(27(34)37-19-21-11-5-2-6-12-21)32(26(23)33)29(36)38-20-22-13-7-3-8-14-22/h2-16,23,25H,17-20H2,1H3,(H,30,35)/t23-,25-/m0/s1. The number of carbonyl (C=O) groups is 4. The SMILES string of the molecule is CN(C[C@@H]1C[C@@H](C(=O)OCc2ccccc2)N(C(=O)OCc2ccccc2)C1=O)C(=O)Nc1ccccc1. The largest absolute Gasteiger partial charge is 0.459 e. The van der Waals surface area contributed by atoms with Crippen LogP contribution in [0.5, 0.6) is 0 Å². The van der Waals surface area contributed by atoms with Crippen LogP contribution in [0.25, 0.3) is 0 Å². The molecule has 1 aliphatic rings. The van der Waals surface area contributed by atoms with E-state index in [1.165, 1.54) is 4.90 Å². The molecule has 0 spiro atoms. The van der Waals surface area contributed by atoms with E-state index in [-0.39, 0.29) is 26.2 Å². The van der Waals surface area contributed by atoms with Gasteiger partial charge < -0.3 is 19.7 Å². The van der Waals surface area contributed by atoms with Crippen molar-refractivity contribution in [2.75, 3.05) is 18.9 Å². The number of amides is 4. The molecule has 4 amide bonds. The summed E-state index contributed by atoms with van der Waals surface area (Å²) in [4.78, 5) is 54.2. The molecule has 9 nitrogen and oxygen atoms in total. The lowest BCUT2D eigenvalue weighted by atomic mass is 10.0. The van der Waals surface area contributed by atoms with Gasteiger partial charge in [-0.15, -0.1) is 0 Å². The number of urea groups is 1. The third-order valence-corrected chi connectivity index (χ3v) is 6.17. The lowest BCUT2D eigenvalue weighted by Crippen LogP contribution is -2.44. The number of imide groups is 1. The average molecular weight is 516 g/mol. The topological polar surface area (TPSA) is 105 Å². The fourth-order valence-corrected chi connectivity index (χ4v) is 4.17. The van der Waals surface area contributed by atoms with Crippen molar-refractivity contribution in [1.82, 2.24) is 9.80 Å². The molecule has 2 atom stereocenters. The first-order valence-corrected chi connectivity index (χ1v) is 12.2. The van der Waals surface area contributed by atoms with Crippen molar-refractivity contribution in [3.63, 3.8) is 0 Å². The van der Waals surface area contributed by atoms with Crippen molar-refractivity contribution in [1.29, 1.82) is 0 Å². The van der Waals surface area contributed by atoms with Gasteiger partial charge in [0.15, 0.2) is 0 Å². The molecule has 1 heterocycles. The van der Waals surface area contributed by atoms with Gasteiger partial charge in [-0.25, -0.2) is 19.3 Å². The molecule has 4 rings (SSSR count). The third-order valence-electron chi connectivity index (χ3n) is 6.17. The Morgan fingerprint density at radius 1 is 0.842 bits per heavy atom. The number of nitrogens with one attached hydrogen (secondary N) is 1. The van der Waals surface area contributed by atoms with Gasteiger partial charge in [0.2, 0.25) is 5.91 Å². The number of hydrogen-bond donors (Lipinski definition) is 1. The number of ether oxygens (including phenoxy) is 2. The molecule has 1 saturated heterocycles. The van der Waals surface area contributed by atoms with Crippen LogP contribution in [0.4, 0.5) is 15.3 Å². The Morgan fingerprint density at radius 2 is 1.37 bits per heavy atom. The highest BCUT2D eigenvalue weighted by Gasteiger charge is 2.48. The van der Waals surface area contributed by atoms with Crippen LogP contribution in [-0.2, 0) is 32.3 Å². The first kappa shape index (κ1) is 26.4. The maximum absolute atomic E-state index is 13.3. The van der Waals surface area contributed by atoms with Gasteiger partial charge in [0.05, 0.1) is 5.92 Å². The van der Waals surface area contributed by atoms with Crippen molar-refractivity contribution in [3.05, 3.63) is 102 Å².